The maximum Gasteiger partial charge on any atom is 0.334 e. The van der Waals surface area contributed by atoms with Gasteiger partial charge >= 0.3 is 11.9 Å². The highest BCUT2D eigenvalue weighted by atomic mass is 16.5. The largest absolute Gasteiger partial charge is 0.466 e. The number of carbonyl (C=O) groups excluding carboxylic acids is 2. The number of carbonyl (C=O) groups is 2. The molecule has 0 unspecified atom stereocenters. The van der Waals surface area contributed by atoms with Gasteiger partial charge in [0.1, 0.15) is 0 Å². The van der Waals surface area contributed by atoms with Crippen LogP contribution in [0.5, 0.6) is 0 Å². The molecule has 0 amide bonds. The maximum atomic E-state index is 12.7. The van der Waals surface area contributed by atoms with Crippen molar-refractivity contribution in [3.8, 4) is 0 Å². The minimum absolute atomic E-state index is 0.155. The van der Waals surface area contributed by atoms with Crippen LogP contribution in [0.15, 0.2) is 22.3 Å². The molecule has 0 aromatic rings. The lowest BCUT2D eigenvalue weighted by Gasteiger charge is -2.71. The molecule has 0 atom stereocenters. The van der Waals surface area contributed by atoms with Gasteiger partial charge in [-0.05, 0) is 27.4 Å². The van der Waals surface area contributed by atoms with Crippen LogP contribution in [0.25, 0.3) is 0 Å². The van der Waals surface area contributed by atoms with Gasteiger partial charge in [-0.3, -0.25) is 0 Å². The van der Waals surface area contributed by atoms with Crippen molar-refractivity contribution in [3.05, 3.63) is 22.3 Å². The lowest BCUT2D eigenvalue weighted by molar-refractivity contribution is -0.143. The van der Waals surface area contributed by atoms with E-state index >= 15 is 0 Å². The molecule has 0 aromatic carbocycles. The first-order valence-corrected chi connectivity index (χ1v) is 9.25. The standard InChI is InChI=1S/C22H34O4/c1-19(2,3)15-12(17(23)25-10)14-13(18(24)26-11)16(20(4,5)6)22(14,15)21(7,8)9/h14H,1-11H3. The van der Waals surface area contributed by atoms with Crippen molar-refractivity contribution in [1.29, 1.82) is 0 Å². The Balaban J connectivity index is 2.92. The minimum atomic E-state index is -0.339. The molecule has 2 aliphatic rings. The number of esters is 2. The predicted molar refractivity (Wildman–Crippen MR) is 102 cm³/mol. The lowest BCUT2D eigenvalue weighted by atomic mass is 9.30. The fourth-order valence-electron chi connectivity index (χ4n) is 5.38. The number of methoxy groups -OCH3 is 2. The van der Waals surface area contributed by atoms with Crippen LogP contribution in [-0.4, -0.2) is 26.2 Å². The summed E-state index contributed by atoms with van der Waals surface area (Å²) in [5.41, 5.74) is 2.57. The number of hydrogen-bond acceptors (Lipinski definition) is 4. The first kappa shape index (κ1) is 20.7. The van der Waals surface area contributed by atoms with Gasteiger partial charge in [-0.1, -0.05) is 62.3 Å². The van der Waals surface area contributed by atoms with Gasteiger partial charge in [0.2, 0.25) is 0 Å². The monoisotopic (exact) mass is 362 g/mol. The molecule has 146 valence electrons. The zero-order valence-corrected chi connectivity index (χ0v) is 18.2. The summed E-state index contributed by atoms with van der Waals surface area (Å²) < 4.78 is 10.2. The van der Waals surface area contributed by atoms with Crippen molar-refractivity contribution in [2.45, 2.75) is 62.3 Å². The molecule has 2 rings (SSSR count). The molecule has 0 radical (unpaired) electrons. The van der Waals surface area contributed by atoms with Gasteiger partial charge in [-0.15, -0.1) is 0 Å². The fraction of sp³-hybridized carbons (Fsp3) is 0.727. The molecular formula is C22H34O4. The third-order valence-electron chi connectivity index (χ3n) is 5.83. The third kappa shape index (κ3) is 2.40. The van der Waals surface area contributed by atoms with Crippen LogP contribution in [0.1, 0.15) is 62.3 Å². The smallest absolute Gasteiger partial charge is 0.334 e. The quantitative estimate of drug-likeness (QED) is 0.669. The number of hydrogen-bond donors (Lipinski definition) is 0. The van der Waals surface area contributed by atoms with E-state index in [0.29, 0.717) is 11.1 Å². The van der Waals surface area contributed by atoms with E-state index < -0.39 is 0 Å². The van der Waals surface area contributed by atoms with Gasteiger partial charge in [0, 0.05) is 22.5 Å². The number of fused-ring (bicyclic) bond motifs is 1. The van der Waals surface area contributed by atoms with Crippen LogP contribution in [0, 0.1) is 27.6 Å². The Morgan fingerprint density at radius 2 is 1.04 bits per heavy atom. The van der Waals surface area contributed by atoms with E-state index in [1.165, 1.54) is 14.2 Å². The van der Waals surface area contributed by atoms with Crippen molar-refractivity contribution in [1.82, 2.24) is 0 Å². The van der Waals surface area contributed by atoms with Crippen LogP contribution in [-0.2, 0) is 19.1 Å². The summed E-state index contributed by atoms with van der Waals surface area (Å²) in [6.45, 7) is 19.4. The third-order valence-corrected chi connectivity index (χ3v) is 5.83. The predicted octanol–water partition coefficient (Wildman–Crippen LogP) is 4.69. The first-order valence-electron chi connectivity index (χ1n) is 9.25. The molecule has 0 spiro atoms. The summed E-state index contributed by atoms with van der Waals surface area (Å²) in [5, 5.41) is 0. The second-order valence-corrected chi connectivity index (χ2v) is 10.6. The summed E-state index contributed by atoms with van der Waals surface area (Å²) in [4.78, 5) is 25.3. The van der Waals surface area contributed by atoms with E-state index in [1.807, 2.05) is 0 Å². The van der Waals surface area contributed by atoms with Gasteiger partial charge in [0.15, 0.2) is 0 Å². The Labute approximate surface area is 158 Å². The highest BCUT2D eigenvalue weighted by molar-refractivity contribution is 6.04. The van der Waals surface area contributed by atoms with Gasteiger partial charge < -0.3 is 9.47 Å². The Morgan fingerprint density at radius 3 is 1.23 bits per heavy atom. The number of allylic oxidation sites excluding steroid dienone is 2. The van der Waals surface area contributed by atoms with E-state index in [2.05, 4.69) is 62.3 Å². The summed E-state index contributed by atoms with van der Waals surface area (Å²) in [7, 11) is 2.80. The van der Waals surface area contributed by atoms with E-state index in [0.717, 1.165) is 11.1 Å². The zero-order chi connectivity index (χ0) is 20.5. The summed E-state index contributed by atoms with van der Waals surface area (Å²) in [6.07, 6.45) is 0. The molecule has 26 heavy (non-hydrogen) atoms. The SMILES string of the molecule is COC(=O)C1=C(C(C)(C)C)C2(C(C)(C)C)C(C(C)(C)C)=C(C(=O)OC)C12. The second kappa shape index (κ2) is 5.71. The van der Waals surface area contributed by atoms with Crippen LogP contribution >= 0.6 is 0 Å². The van der Waals surface area contributed by atoms with Crippen LogP contribution < -0.4 is 0 Å². The number of ether oxygens (including phenoxy) is 2. The van der Waals surface area contributed by atoms with Crippen molar-refractivity contribution < 1.29 is 19.1 Å². The molecule has 0 heterocycles. The lowest BCUT2D eigenvalue weighted by Crippen LogP contribution is -2.67. The Morgan fingerprint density at radius 1 is 0.731 bits per heavy atom. The van der Waals surface area contributed by atoms with E-state index in [-0.39, 0.29) is 39.5 Å². The molecule has 0 aliphatic heterocycles. The molecule has 0 N–H and O–H groups in total. The second-order valence-electron chi connectivity index (χ2n) is 10.6. The van der Waals surface area contributed by atoms with Crippen LogP contribution in [0.2, 0.25) is 0 Å². The van der Waals surface area contributed by atoms with E-state index in [4.69, 9.17) is 9.47 Å². The zero-order valence-electron chi connectivity index (χ0n) is 18.2. The Kier molecular flexibility index (Phi) is 4.55. The molecule has 0 saturated heterocycles. The minimum Gasteiger partial charge on any atom is -0.466 e. The van der Waals surface area contributed by atoms with Crippen molar-refractivity contribution in [3.63, 3.8) is 0 Å². The fourth-order valence-corrected chi connectivity index (χ4v) is 5.38. The van der Waals surface area contributed by atoms with Crippen molar-refractivity contribution in [2.24, 2.45) is 27.6 Å². The highest BCUT2D eigenvalue weighted by Gasteiger charge is 2.75. The maximum absolute atomic E-state index is 12.7. The van der Waals surface area contributed by atoms with Crippen molar-refractivity contribution >= 4 is 11.9 Å². The van der Waals surface area contributed by atoms with Crippen LogP contribution in [0.4, 0.5) is 0 Å². The Hall–Kier alpha value is -1.58. The summed E-state index contributed by atoms with van der Waals surface area (Å²) in [6, 6.07) is 0. The molecule has 0 aromatic heterocycles. The molecule has 4 heteroatoms. The Bertz CT molecular complexity index is 663. The van der Waals surface area contributed by atoms with E-state index in [9.17, 15) is 9.59 Å². The van der Waals surface area contributed by atoms with Gasteiger partial charge in [0.05, 0.1) is 14.2 Å². The first-order chi connectivity index (χ1) is 11.6. The molecule has 0 bridgehead atoms. The average molecular weight is 363 g/mol. The van der Waals surface area contributed by atoms with Gasteiger partial charge in [-0.2, -0.15) is 0 Å². The van der Waals surface area contributed by atoms with Gasteiger partial charge in [0.25, 0.3) is 0 Å². The molecule has 0 fully saturated rings. The molecular weight excluding hydrogens is 328 g/mol. The molecule has 2 aliphatic carbocycles. The number of rotatable bonds is 2. The molecule has 4 nitrogen and oxygen atoms in total. The molecule has 0 saturated carbocycles. The summed E-state index contributed by atoms with van der Waals surface area (Å²) >= 11 is 0. The normalized spacial score (nSPS) is 26.0. The average Bonchev–Trinajstić information content (AvgIpc) is 2.42. The highest BCUT2D eigenvalue weighted by Crippen LogP contribution is 2.79. The topological polar surface area (TPSA) is 52.6 Å². The summed E-state index contributed by atoms with van der Waals surface area (Å²) in [5.74, 6) is -0.936. The van der Waals surface area contributed by atoms with E-state index in [1.54, 1.807) is 0 Å². The van der Waals surface area contributed by atoms with Crippen molar-refractivity contribution in [2.75, 3.05) is 14.2 Å². The van der Waals surface area contributed by atoms with Gasteiger partial charge in [-0.25, -0.2) is 9.59 Å². The van der Waals surface area contributed by atoms with Crippen LogP contribution in [0.3, 0.4) is 0 Å².